The van der Waals surface area contributed by atoms with Gasteiger partial charge in [-0.2, -0.15) is 0 Å². The lowest BCUT2D eigenvalue weighted by Crippen LogP contribution is -2.29. The molecule has 2 unspecified atom stereocenters. The van der Waals surface area contributed by atoms with Crippen molar-refractivity contribution in [3.05, 3.63) is 12.7 Å². The third-order valence-corrected chi connectivity index (χ3v) is 2.82. The Morgan fingerprint density at radius 1 is 1.69 bits per heavy atom. The topological polar surface area (TPSA) is 38.8 Å². The van der Waals surface area contributed by atoms with Crippen LogP contribution in [0.2, 0.25) is 0 Å². The van der Waals surface area contributed by atoms with Crippen LogP contribution in [0.1, 0.15) is 19.8 Å². The van der Waals surface area contributed by atoms with E-state index in [1.807, 2.05) is 6.92 Å². The first-order valence-corrected chi connectivity index (χ1v) is 4.59. The molecule has 2 rings (SSSR count). The largest absolute Gasteiger partial charge is 0.461 e. The highest BCUT2D eigenvalue weighted by Crippen LogP contribution is 2.50. The third-order valence-electron chi connectivity index (χ3n) is 2.82. The minimum Gasteiger partial charge on any atom is -0.461 e. The maximum Gasteiger partial charge on any atom is 0.312 e. The van der Waals surface area contributed by atoms with Gasteiger partial charge in [-0.25, -0.2) is 0 Å². The number of esters is 1. The van der Waals surface area contributed by atoms with Crippen LogP contribution in [0.4, 0.5) is 0 Å². The number of fused-ring (bicyclic) bond motifs is 1. The van der Waals surface area contributed by atoms with Crippen LogP contribution in [0.3, 0.4) is 0 Å². The predicted octanol–water partition coefficient (Wildman–Crippen LogP) is 1.28. The van der Waals surface area contributed by atoms with Crippen LogP contribution in [0.5, 0.6) is 0 Å². The molecule has 0 N–H and O–H groups in total. The van der Waals surface area contributed by atoms with Crippen LogP contribution in [-0.4, -0.2) is 24.8 Å². The molecule has 0 amide bonds. The molecule has 2 fully saturated rings. The van der Waals surface area contributed by atoms with Gasteiger partial charge in [-0.05, 0) is 19.8 Å². The molecule has 2 aliphatic rings. The lowest BCUT2D eigenvalue weighted by atomic mass is 9.88. The summed E-state index contributed by atoms with van der Waals surface area (Å²) in [6.45, 7) is 5.77. The SMILES string of the molecule is C=CCOC(=O)C1(C)CC2OC2C1. The third kappa shape index (κ3) is 1.48. The van der Waals surface area contributed by atoms with Gasteiger partial charge >= 0.3 is 5.97 Å². The average Bonchev–Trinajstić information content (AvgIpc) is 2.71. The Bertz CT molecular complexity index is 237. The van der Waals surface area contributed by atoms with Gasteiger partial charge < -0.3 is 9.47 Å². The highest BCUT2D eigenvalue weighted by molar-refractivity contribution is 5.77. The summed E-state index contributed by atoms with van der Waals surface area (Å²) >= 11 is 0. The van der Waals surface area contributed by atoms with E-state index in [4.69, 9.17) is 9.47 Å². The van der Waals surface area contributed by atoms with Crippen molar-refractivity contribution in [2.24, 2.45) is 5.41 Å². The summed E-state index contributed by atoms with van der Waals surface area (Å²) in [5, 5.41) is 0. The average molecular weight is 182 g/mol. The number of ether oxygens (including phenoxy) is 2. The van der Waals surface area contributed by atoms with Crippen LogP contribution in [0.25, 0.3) is 0 Å². The number of hydrogen-bond acceptors (Lipinski definition) is 3. The Kier molecular flexibility index (Phi) is 1.91. The predicted molar refractivity (Wildman–Crippen MR) is 47.2 cm³/mol. The molecule has 1 heterocycles. The summed E-state index contributed by atoms with van der Waals surface area (Å²) in [5.41, 5.74) is -0.309. The van der Waals surface area contributed by atoms with E-state index in [2.05, 4.69) is 6.58 Å². The van der Waals surface area contributed by atoms with Gasteiger partial charge in [-0.1, -0.05) is 12.7 Å². The Morgan fingerprint density at radius 2 is 2.31 bits per heavy atom. The molecule has 1 aliphatic carbocycles. The van der Waals surface area contributed by atoms with Crippen LogP contribution in [-0.2, 0) is 14.3 Å². The molecule has 1 aliphatic heterocycles. The minimum absolute atomic E-state index is 0.108. The van der Waals surface area contributed by atoms with E-state index in [0.717, 1.165) is 12.8 Å². The van der Waals surface area contributed by atoms with E-state index in [1.54, 1.807) is 6.08 Å². The lowest BCUT2D eigenvalue weighted by Gasteiger charge is -2.22. The van der Waals surface area contributed by atoms with E-state index in [1.165, 1.54) is 0 Å². The van der Waals surface area contributed by atoms with Gasteiger partial charge in [0.15, 0.2) is 0 Å². The summed E-state index contributed by atoms with van der Waals surface area (Å²) in [4.78, 5) is 11.6. The minimum atomic E-state index is -0.309. The Morgan fingerprint density at radius 3 is 2.85 bits per heavy atom. The highest BCUT2D eigenvalue weighted by atomic mass is 16.6. The quantitative estimate of drug-likeness (QED) is 0.375. The van der Waals surface area contributed by atoms with Crippen molar-refractivity contribution < 1.29 is 14.3 Å². The highest BCUT2D eigenvalue weighted by Gasteiger charge is 2.57. The fourth-order valence-electron chi connectivity index (χ4n) is 1.99. The monoisotopic (exact) mass is 182 g/mol. The molecule has 0 aromatic heterocycles. The molecule has 72 valence electrons. The van der Waals surface area contributed by atoms with Crippen LogP contribution in [0.15, 0.2) is 12.7 Å². The number of carbonyl (C=O) groups excluding carboxylic acids is 1. The first kappa shape index (κ1) is 8.75. The molecule has 3 heteroatoms. The molecular formula is C10H14O3. The maximum atomic E-state index is 11.6. The van der Waals surface area contributed by atoms with E-state index in [9.17, 15) is 4.79 Å². The number of carbonyl (C=O) groups is 1. The van der Waals surface area contributed by atoms with Crippen LogP contribution < -0.4 is 0 Å². The number of epoxide rings is 1. The second kappa shape index (κ2) is 2.84. The summed E-state index contributed by atoms with van der Waals surface area (Å²) in [6.07, 6.45) is 3.86. The second-order valence-corrected chi connectivity index (χ2v) is 4.07. The van der Waals surface area contributed by atoms with Crippen molar-refractivity contribution in [2.45, 2.75) is 32.0 Å². The molecule has 0 radical (unpaired) electrons. The van der Waals surface area contributed by atoms with Crippen LogP contribution in [0, 0.1) is 5.41 Å². The molecule has 1 saturated carbocycles. The molecular weight excluding hydrogens is 168 g/mol. The molecule has 0 aromatic rings. The van der Waals surface area contributed by atoms with Gasteiger partial charge in [0.2, 0.25) is 0 Å². The van der Waals surface area contributed by atoms with Crippen molar-refractivity contribution in [3.63, 3.8) is 0 Å². The van der Waals surface area contributed by atoms with Gasteiger partial charge in [0, 0.05) is 0 Å². The lowest BCUT2D eigenvalue weighted by molar-refractivity contribution is -0.154. The van der Waals surface area contributed by atoms with Crippen molar-refractivity contribution in [1.29, 1.82) is 0 Å². The molecule has 0 bridgehead atoms. The fraction of sp³-hybridized carbons (Fsp3) is 0.700. The fourth-order valence-corrected chi connectivity index (χ4v) is 1.99. The van der Waals surface area contributed by atoms with Crippen molar-refractivity contribution in [2.75, 3.05) is 6.61 Å². The van der Waals surface area contributed by atoms with Gasteiger partial charge in [0.25, 0.3) is 0 Å². The van der Waals surface area contributed by atoms with Crippen molar-refractivity contribution in [3.8, 4) is 0 Å². The Hall–Kier alpha value is -0.830. The zero-order chi connectivity index (χ0) is 9.47. The summed E-state index contributed by atoms with van der Waals surface area (Å²) in [7, 11) is 0. The zero-order valence-electron chi connectivity index (χ0n) is 7.79. The molecule has 1 saturated heterocycles. The molecule has 2 atom stereocenters. The van der Waals surface area contributed by atoms with E-state index < -0.39 is 0 Å². The number of hydrogen-bond donors (Lipinski definition) is 0. The smallest absolute Gasteiger partial charge is 0.312 e. The van der Waals surface area contributed by atoms with Gasteiger partial charge in [0.1, 0.15) is 6.61 Å². The summed E-state index contributed by atoms with van der Waals surface area (Å²) in [6, 6.07) is 0. The molecule has 3 nitrogen and oxygen atoms in total. The first-order chi connectivity index (χ1) is 6.15. The normalized spacial score (nSPS) is 41.0. The standard InChI is InChI=1S/C10H14O3/c1-3-4-12-9(11)10(2)5-7-8(6-10)13-7/h3,7-8H,1,4-6H2,2H3. The van der Waals surface area contributed by atoms with Gasteiger partial charge in [-0.15, -0.1) is 0 Å². The molecule has 0 aromatic carbocycles. The van der Waals surface area contributed by atoms with Crippen LogP contribution >= 0.6 is 0 Å². The summed E-state index contributed by atoms with van der Waals surface area (Å²) < 4.78 is 10.3. The summed E-state index contributed by atoms with van der Waals surface area (Å²) in [5.74, 6) is -0.108. The van der Waals surface area contributed by atoms with E-state index in [0.29, 0.717) is 18.8 Å². The second-order valence-electron chi connectivity index (χ2n) is 4.07. The van der Waals surface area contributed by atoms with E-state index in [-0.39, 0.29) is 11.4 Å². The Labute approximate surface area is 77.7 Å². The molecule has 0 spiro atoms. The van der Waals surface area contributed by atoms with Crippen molar-refractivity contribution >= 4 is 5.97 Å². The number of rotatable bonds is 3. The maximum absolute atomic E-state index is 11.6. The first-order valence-electron chi connectivity index (χ1n) is 4.59. The van der Waals surface area contributed by atoms with Crippen molar-refractivity contribution in [1.82, 2.24) is 0 Å². The van der Waals surface area contributed by atoms with E-state index >= 15 is 0 Å². The zero-order valence-corrected chi connectivity index (χ0v) is 7.79. The molecule has 13 heavy (non-hydrogen) atoms. The Balaban J connectivity index is 1.91. The van der Waals surface area contributed by atoms with Gasteiger partial charge in [-0.3, -0.25) is 4.79 Å². The van der Waals surface area contributed by atoms with Gasteiger partial charge in [0.05, 0.1) is 17.6 Å².